The molecule has 1 aliphatic heterocycles. The van der Waals surface area contributed by atoms with Gasteiger partial charge in [0.2, 0.25) is 0 Å². The van der Waals surface area contributed by atoms with Crippen LogP contribution < -0.4 is 0 Å². The zero-order valence-corrected chi connectivity index (χ0v) is 12.6. The molecular weight excluding hydrogens is 261 g/mol. The van der Waals surface area contributed by atoms with Crippen molar-refractivity contribution in [2.45, 2.75) is 38.8 Å². The minimum atomic E-state index is -0.133. The van der Waals surface area contributed by atoms with E-state index in [4.69, 9.17) is 0 Å². The number of hydrogen-bond acceptors (Lipinski definition) is 1. The van der Waals surface area contributed by atoms with Crippen LogP contribution in [0.1, 0.15) is 42.5 Å². The van der Waals surface area contributed by atoms with Crippen LogP contribution >= 0.6 is 0 Å². The lowest BCUT2D eigenvalue weighted by atomic mass is 10.0. The van der Waals surface area contributed by atoms with Crippen molar-refractivity contribution in [3.63, 3.8) is 0 Å². The molecule has 0 radical (unpaired) electrons. The molecule has 1 atom stereocenters. The molecule has 2 aromatic rings. The van der Waals surface area contributed by atoms with Crippen molar-refractivity contribution in [1.29, 1.82) is 0 Å². The molecule has 21 heavy (non-hydrogen) atoms. The summed E-state index contributed by atoms with van der Waals surface area (Å²) in [4.78, 5) is 2.47. The SMILES string of the molecule is CCc1ccc(CN2CCC[C@@H]2c2cccc(F)c2)cc1. The van der Waals surface area contributed by atoms with Gasteiger partial charge < -0.3 is 0 Å². The van der Waals surface area contributed by atoms with Crippen molar-refractivity contribution in [1.82, 2.24) is 4.90 Å². The van der Waals surface area contributed by atoms with E-state index in [1.807, 2.05) is 12.1 Å². The van der Waals surface area contributed by atoms with Crippen molar-refractivity contribution in [2.75, 3.05) is 6.54 Å². The smallest absolute Gasteiger partial charge is 0.123 e. The summed E-state index contributed by atoms with van der Waals surface area (Å²) in [6.45, 7) is 4.22. The molecule has 0 aromatic heterocycles. The van der Waals surface area contributed by atoms with E-state index in [9.17, 15) is 4.39 Å². The second-order valence-electron chi connectivity index (χ2n) is 5.85. The molecule has 1 nitrogen and oxygen atoms in total. The highest BCUT2D eigenvalue weighted by Gasteiger charge is 2.26. The van der Waals surface area contributed by atoms with Gasteiger partial charge in [0.1, 0.15) is 5.82 Å². The average Bonchev–Trinajstić information content (AvgIpc) is 2.96. The Morgan fingerprint density at radius 2 is 1.86 bits per heavy atom. The molecule has 110 valence electrons. The fraction of sp³-hybridized carbons (Fsp3) is 0.368. The van der Waals surface area contributed by atoms with E-state index >= 15 is 0 Å². The molecule has 0 saturated carbocycles. The third-order valence-electron chi connectivity index (χ3n) is 4.41. The maximum Gasteiger partial charge on any atom is 0.123 e. The first-order valence-corrected chi connectivity index (χ1v) is 7.83. The van der Waals surface area contributed by atoms with E-state index < -0.39 is 0 Å². The summed E-state index contributed by atoms with van der Waals surface area (Å²) in [5, 5.41) is 0. The molecule has 1 saturated heterocycles. The molecule has 1 fully saturated rings. The molecule has 2 aromatic carbocycles. The van der Waals surface area contributed by atoms with Gasteiger partial charge in [0.05, 0.1) is 0 Å². The molecule has 0 unspecified atom stereocenters. The Morgan fingerprint density at radius 3 is 2.57 bits per heavy atom. The number of benzene rings is 2. The van der Waals surface area contributed by atoms with Gasteiger partial charge in [0.25, 0.3) is 0 Å². The fourth-order valence-electron chi connectivity index (χ4n) is 3.22. The van der Waals surface area contributed by atoms with Gasteiger partial charge in [-0.2, -0.15) is 0 Å². The summed E-state index contributed by atoms with van der Waals surface area (Å²) in [7, 11) is 0. The van der Waals surface area contributed by atoms with Crippen LogP contribution in [0.3, 0.4) is 0 Å². The molecule has 0 aliphatic carbocycles. The molecule has 0 spiro atoms. The summed E-state index contributed by atoms with van der Waals surface area (Å²) in [6, 6.07) is 16.3. The number of rotatable bonds is 4. The van der Waals surface area contributed by atoms with E-state index in [1.165, 1.54) is 23.6 Å². The standard InChI is InChI=1S/C19H22FN/c1-2-15-8-10-16(11-9-15)14-21-12-4-7-19(21)17-5-3-6-18(20)13-17/h3,5-6,8-11,13,19H,2,4,7,12,14H2,1H3/t19-/m1/s1. The maximum absolute atomic E-state index is 13.4. The van der Waals surface area contributed by atoms with Crippen LogP contribution in [0.25, 0.3) is 0 Å². The molecule has 1 aliphatic rings. The Kier molecular flexibility index (Phi) is 4.35. The lowest BCUT2D eigenvalue weighted by Crippen LogP contribution is -2.22. The zero-order valence-electron chi connectivity index (χ0n) is 12.6. The predicted octanol–water partition coefficient (Wildman–Crippen LogP) is 4.73. The van der Waals surface area contributed by atoms with Gasteiger partial charge in [-0.15, -0.1) is 0 Å². The monoisotopic (exact) mass is 283 g/mol. The highest BCUT2D eigenvalue weighted by molar-refractivity contribution is 5.24. The van der Waals surface area contributed by atoms with Crippen LogP contribution in [0.2, 0.25) is 0 Å². The number of halogens is 1. The zero-order chi connectivity index (χ0) is 14.7. The second-order valence-corrected chi connectivity index (χ2v) is 5.85. The van der Waals surface area contributed by atoms with E-state index in [1.54, 1.807) is 6.07 Å². The number of aryl methyl sites for hydroxylation is 1. The lowest BCUT2D eigenvalue weighted by Gasteiger charge is -2.25. The average molecular weight is 283 g/mol. The van der Waals surface area contributed by atoms with E-state index in [-0.39, 0.29) is 5.82 Å². The molecule has 3 rings (SSSR count). The third-order valence-corrected chi connectivity index (χ3v) is 4.41. The summed E-state index contributed by atoms with van der Waals surface area (Å²) in [5.41, 5.74) is 3.83. The van der Waals surface area contributed by atoms with E-state index in [2.05, 4.69) is 36.1 Å². The quantitative estimate of drug-likeness (QED) is 0.784. The van der Waals surface area contributed by atoms with Gasteiger partial charge in [-0.3, -0.25) is 4.90 Å². The molecule has 0 N–H and O–H groups in total. The first-order valence-electron chi connectivity index (χ1n) is 7.83. The van der Waals surface area contributed by atoms with Crippen molar-refractivity contribution in [3.8, 4) is 0 Å². The minimum absolute atomic E-state index is 0.133. The third kappa shape index (κ3) is 3.33. The first kappa shape index (κ1) is 14.3. The Morgan fingerprint density at radius 1 is 1.10 bits per heavy atom. The Balaban J connectivity index is 1.74. The summed E-state index contributed by atoms with van der Waals surface area (Å²) in [6.07, 6.45) is 3.39. The van der Waals surface area contributed by atoms with Crippen LogP contribution in [0.4, 0.5) is 4.39 Å². The lowest BCUT2D eigenvalue weighted by molar-refractivity contribution is 0.248. The van der Waals surface area contributed by atoms with Crippen LogP contribution in [-0.2, 0) is 13.0 Å². The summed E-state index contributed by atoms with van der Waals surface area (Å²) in [5.74, 6) is -0.133. The fourth-order valence-corrected chi connectivity index (χ4v) is 3.22. The Hall–Kier alpha value is -1.67. The normalized spacial score (nSPS) is 19.0. The Labute approximate surface area is 126 Å². The van der Waals surface area contributed by atoms with Gasteiger partial charge in [0, 0.05) is 12.6 Å². The molecule has 2 heteroatoms. The predicted molar refractivity (Wildman–Crippen MR) is 84.6 cm³/mol. The van der Waals surface area contributed by atoms with Gasteiger partial charge in [-0.1, -0.05) is 43.3 Å². The van der Waals surface area contributed by atoms with Gasteiger partial charge in [-0.05, 0) is 54.6 Å². The van der Waals surface area contributed by atoms with Gasteiger partial charge in [0.15, 0.2) is 0 Å². The Bertz CT molecular complexity index is 591. The molecule has 1 heterocycles. The molecule has 0 amide bonds. The second kappa shape index (κ2) is 6.40. The molecule has 0 bridgehead atoms. The van der Waals surface area contributed by atoms with Gasteiger partial charge in [-0.25, -0.2) is 4.39 Å². The number of hydrogen-bond donors (Lipinski definition) is 0. The van der Waals surface area contributed by atoms with Crippen LogP contribution in [0.5, 0.6) is 0 Å². The van der Waals surface area contributed by atoms with Crippen LogP contribution in [0, 0.1) is 5.82 Å². The highest BCUT2D eigenvalue weighted by Crippen LogP contribution is 2.33. The van der Waals surface area contributed by atoms with E-state index in [0.29, 0.717) is 6.04 Å². The number of nitrogens with zero attached hydrogens (tertiary/aromatic N) is 1. The first-order chi connectivity index (χ1) is 10.3. The van der Waals surface area contributed by atoms with Crippen molar-refractivity contribution in [3.05, 3.63) is 71.0 Å². The largest absolute Gasteiger partial charge is 0.292 e. The van der Waals surface area contributed by atoms with E-state index in [0.717, 1.165) is 31.5 Å². The maximum atomic E-state index is 13.4. The van der Waals surface area contributed by atoms with Crippen molar-refractivity contribution < 1.29 is 4.39 Å². The summed E-state index contributed by atoms with van der Waals surface area (Å²) < 4.78 is 13.4. The van der Waals surface area contributed by atoms with Crippen LogP contribution in [0.15, 0.2) is 48.5 Å². The van der Waals surface area contributed by atoms with Crippen LogP contribution in [-0.4, -0.2) is 11.4 Å². The minimum Gasteiger partial charge on any atom is -0.292 e. The van der Waals surface area contributed by atoms with Crippen molar-refractivity contribution >= 4 is 0 Å². The van der Waals surface area contributed by atoms with Crippen molar-refractivity contribution in [2.24, 2.45) is 0 Å². The van der Waals surface area contributed by atoms with Gasteiger partial charge >= 0.3 is 0 Å². The highest BCUT2D eigenvalue weighted by atomic mass is 19.1. The summed E-state index contributed by atoms with van der Waals surface area (Å²) >= 11 is 0. The number of likely N-dealkylation sites (tertiary alicyclic amines) is 1. The molecular formula is C19H22FN. The topological polar surface area (TPSA) is 3.24 Å².